The number of rotatable bonds is 7. The number of aromatic nitrogens is 1. The van der Waals surface area contributed by atoms with Gasteiger partial charge in [-0.2, -0.15) is 0 Å². The molecular formula is C16H25N3O5. The van der Waals surface area contributed by atoms with Crippen molar-refractivity contribution < 1.29 is 23.8 Å². The van der Waals surface area contributed by atoms with Gasteiger partial charge in [0.05, 0.1) is 13.7 Å². The standard InChI is InChI=1S/C16H25N3O5/c1-16(2,3)24-15(21)19(9-10-22-4)11-13(20)18-12-7-6-8-17-14(12)23-5/h6-8H,9-11H2,1-5H3,(H,18,20). The molecule has 0 aliphatic rings. The number of carbonyl (C=O) groups is 2. The lowest BCUT2D eigenvalue weighted by atomic mass is 10.2. The average molecular weight is 339 g/mol. The van der Waals surface area contributed by atoms with Gasteiger partial charge in [0, 0.05) is 19.9 Å². The number of ether oxygens (including phenoxy) is 3. The lowest BCUT2D eigenvalue weighted by molar-refractivity contribution is -0.117. The van der Waals surface area contributed by atoms with Gasteiger partial charge >= 0.3 is 6.09 Å². The first-order valence-electron chi connectivity index (χ1n) is 7.52. The predicted molar refractivity (Wildman–Crippen MR) is 89.1 cm³/mol. The van der Waals surface area contributed by atoms with Crippen molar-refractivity contribution in [1.29, 1.82) is 0 Å². The number of pyridine rings is 1. The molecule has 0 radical (unpaired) electrons. The molecule has 2 amide bonds. The summed E-state index contributed by atoms with van der Waals surface area (Å²) >= 11 is 0. The van der Waals surface area contributed by atoms with Crippen LogP contribution in [0.4, 0.5) is 10.5 Å². The van der Waals surface area contributed by atoms with Gasteiger partial charge in [0.15, 0.2) is 0 Å². The number of hydrogen-bond donors (Lipinski definition) is 1. The molecule has 0 saturated heterocycles. The summed E-state index contributed by atoms with van der Waals surface area (Å²) in [5.74, 6) is -0.0881. The third-order valence-corrected chi connectivity index (χ3v) is 2.79. The Morgan fingerprint density at radius 2 is 2.00 bits per heavy atom. The van der Waals surface area contributed by atoms with E-state index in [0.29, 0.717) is 18.2 Å². The van der Waals surface area contributed by atoms with E-state index in [2.05, 4.69) is 10.3 Å². The minimum atomic E-state index is -0.647. The third kappa shape index (κ3) is 6.82. The second-order valence-electron chi connectivity index (χ2n) is 6.00. The molecule has 0 bridgehead atoms. The lowest BCUT2D eigenvalue weighted by Gasteiger charge is -2.26. The van der Waals surface area contributed by atoms with Gasteiger partial charge in [-0.15, -0.1) is 0 Å². The molecule has 0 aromatic carbocycles. The zero-order valence-corrected chi connectivity index (χ0v) is 14.8. The highest BCUT2D eigenvalue weighted by atomic mass is 16.6. The van der Waals surface area contributed by atoms with E-state index in [0.717, 1.165) is 0 Å². The second-order valence-corrected chi connectivity index (χ2v) is 6.00. The number of methoxy groups -OCH3 is 2. The number of hydrogen-bond acceptors (Lipinski definition) is 6. The van der Waals surface area contributed by atoms with E-state index in [9.17, 15) is 9.59 Å². The van der Waals surface area contributed by atoms with Gasteiger partial charge in [0.2, 0.25) is 11.8 Å². The first-order valence-corrected chi connectivity index (χ1v) is 7.52. The average Bonchev–Trinajstić information content (AvgIpc) is 2.50. The molecule has 0 spiro atoms. The highest BCUT2D eigenvalue weighted by molar-refractivity contribution is 5.94. The summed E-state index contributed by atoms with van der Waals surface area (Å²) in [5, 5.41) is 2.67. The Hall–Kier alpha value is -2.35. The quantitative estimate of drug-likeness (QED) is 0.816. The van der Waals surface area contributed by atoms with Crippen LogP contribution in [-0.2, 0) is 14.3 Å². The van der Waals surface area contributed by atoms with Crippen molar-refractivity contribution in [3.05, 3.63) is 18.3 Å². The van der Waals surface area contributed by atoms with Crippen molar-refractivity contribution in [2.75, 3.05) is 39.2 Å². The fraction of sp³-hybridized carbons (Fsp3) is 0.562. The van der Waals surface area contributed by atoms with Gasteiger partial charge in [-0.05, 0) is 32.9 Å². The molecule has 8 nitrogen and oxygen atoms in total. The van der Waals surface area contributed by atoms with Crippen LogP contribution in [0.1, 0.15) is 20.8 Å². The predicted octanol–water partition coefficient (Wildman–Crippen LogP) is 1.91. The highest BCUT2D eigenvalue weighted by Crippen LogP contribution is 2.19. The first-order chi connectivity index (χ1) is 11.3. The highest BCUT2D eigenvalue weighted by Gasteiger charge is 2.24. The molecule has 1 heterocycles. The number of carbonyl (C=O) groups excluding carboxylic acids is 2. The summed E-state index contributed by atoms with van der Waals surface area (Å²) < 4.78 is 15.4. The monoisotopic (exact) mass is 339 g/mol. The first kappa shape index (κ1) is 19.7. The van der Waals surface area contributed by atoms with Crippen LogP contribution in [0.2, 0.25) is 0 Å². The number of nitrogens with zero attached hydrogens (tertiary/aromatic N) is 2. The second kappa shape index (κ2) is 9.07. The molecule has 1 aromatic rings. The van der Waals surface area contributed by atoms with Gasteiger partial charge in [-0.25, -0.2) is 9.78 Å². The van der Waals surface area contributed by atoms with Gasteiger partial charge in [0.25, 0.3) is 0 Å². The summed E-state index contributed by atoms with van der Waals surface area (Å²) in [4.78, 5) is 29.7. The zero-order chi connectivity index (χ0) is 18.2. The normalized spacial score (nSPS) is 10.9. The van der Waals surface area contributed by atoms with Gasteiger partial charge < -0.3 is 19.5 Å². The van der Waals surface area contributed by atoms with Crippen LogP contribution in [0.3, 0.4) is 0 Å². The number of nitrogens with one attached hydrogen (secondary N) is 1. The van der Waals surface area contributed by atoms with Crippen molar-refractivity contribution in [3.63, 3.8) is 0 Å². The number of anilines is 1. The molecule has 1 rings (SSSR count). The smallest absolute Gasteiger partial charge is 0.410 e. The fourth-order valence-corrected chi connectivity index (χ4v) is 1.77. The summed E-state index contributed by atoms with van der Waals surface area (Å²) in [6, 6.07) is 3.34. The Morgan fingerprint density at radius 1 is 1.29 bits per heavy atom. The molecule has 24 heavy (non-hydrogen) atoms. The van der Waals surface area contributed by atoms with Crippen LogP contribution in [0, 0.1) is 0 Å². The molecule has 0 unspecified atom stereocenters. The van der Waals surface area contributed by atoms with Crippen LogP contribution in [-0.4, -0.2) is 61.4 Å². The van der Waals surface area contributed by atoms with Gasteiger partial charge in [-0.1, -0.05) is 0 Å². The molecule has 8 heteroatoms. The van der Waals surface area contributed by atoms with E-state index in [4.69, 9.17) is 14.2 Å². The summed E-state index contributed by atoms with van der Waals surface area (Å²) in [6.07, 6.45) is 0.980. The molecule has 1 N–H and O–H groups in total. The van der Waals surface area contributed by atoms with E-state index in [1.54, 1.807) is 39.1 Å². The molecule has 134 valence electrons. The maximum Gasteiger partial charge on any atom is 0.410 e. The van der Waals surface area contributed by atoms with E-state index in [-0.39, 0.29) is 19.0 Å². The lowest BCUT2D eigenvalue weighted by Crippen LogP contribution is -2.42. The molecule has 0 atom stereocenters. The summed E-state index contributed by atoms with van der Waals surface area (Å²) in [6.45, 7) is 5.65. The Balaban J connectivity index is 2.74. The SMILES string of the molecule is COCCN(CC(=O)Nc1cccnc1OC)C(=O)OC(C)(C)C. The van der Waals surface area contributed by atoms with Crippen LogP contribution >= 0.6 is 0 Å². The molecule has 0 saturated carbocycles. The van der Waals surface area contributed by atoms with E-state index >= 15 is 0 Å². The Morgan fingerprint density at radius 3 is 2.58 bits per heavy atom. The Bertz CT molecular complexity index is 557. The minimum absolute atomic E-state index is 0.170. The van der Waals surface area contributed by atoms with E-state index in [1.165, 1.54) is 19.1 Å². The fourth-order valence-electron chi connectivity index (χ4n) is 1.77. The molecule has 1 aromatic heterocycles. The van der Waals surface area contributed by atoms with E-state index in [1.807, 2.05) is 0 Å². The topological polar surface area (TPSA) is 90.0 Å². The molecule has 0 aliphatic carbocycles. The molecule has 0 aliphatic heterocycles. The van der Waals surface area contributed by atoms with E-state index < -0.39 is 11.7 Å². The summed E-state index contributed by atoms with van der Waals surface area (Å²) in [5.41, 5.74) is -0.216. The maximum absolute atomic E-state index is 12.2. The van der Waals surface area contributed by atoms with Gasteiger partial charge in [-0.3, -0.25) is 9.69 Å². The third-order valence-electron chi connectivity index (χ3n) is 2.79. The largest absolute Gasteiger partial charge is 0.480 e. The van der Waals surface area contributed by atoms with Crippen molar-refractivity contribution in [2.45, 2.75) is 26.4 Å². The van der Waals surface area contributed by atoms with Crippen LogP contribution in [0.5, 0.6) is 5.88 Å². The Labute approximate surface area is 142 Å². The molecular weight excluding hydrogens is 314 g/mol. The maximum atomic E-state index is 12.2. The summed E-state index contributed by atoms with van der Waals surface area (Å²) in [7, 11) is 2.98. The van der Waals surface area contributed by atoms with Crippen molar-refractivity contribution in [3.8, 4) is 5.88 Å². The van der Waals surface area contributed by atoms with Crippen LogP contribution < -0.4 is 10.1 Å². The van der Waals surface area contributed by atoms with Gasteiger partial charge in [0.1, 0.15) is 17.8 Å². The van der Waals surface area contributed by atoms with Crippen LogP contribution in [0.25, 0.3) is 0 Å². The number of amides is 2. The Kier molecular flexibility index (Phi) is 7.44. The van der Waals surface area contributed by atoms with Crippen molar-refractivity contribution in [1.82, 2.24) is 9.88 Å². The molecule has 0 fully saturated rings. The van der Waals surface area contributed by atoms with Crippen molar-refractivity contribution in [2.24, 2.45) is 0 Å². The van der Waals surface area contributed by atoms with Crippen LogP contribution in [0.15, 0.2) is 18.3 Å². The van der Waals surface area contributed by atoms with Crippen molar-refractivity contribution >= 4 is 17.7 Å². The minimum Gasteiger partial charge on any atom is -0.480 e. The zero-order valence-electron chi connectivity index (χ0n) is 14.8.